The molecule has 0 saturated carbocycles. The number of benzene rings is 1. The standard InChI is InChI=1S/C16H23NO4/c1-10-7-8-13(9-14(10)18)15(19)17-12(3)6-4-5-11(2)16(20)21/h7-9,11-12,18H,4-6H2,1-3H3,(H,17,19)(H,20,21). The first kappa shape index (κ1) is 17.0. The van der Waals surface area contributed by atoms with Crippen molar-refractivity contribution in [1.82, 2.24) is 5.32 Å². The molecule has 1 amide bonds. The van der Waals surface area contributed by atoms with E-state index in [-0.39, 0.29) is 23.6 Å². The molecule has 0 saturated heterocycles. The lowest BCUT2D eigenvalue weighted by molar-refractivity contribution is -0.141. The number of phenolic OH excluding ortho intramolecular Hbond substituents is 1. The topological polar surface area (TPSA) is 86.6 Å². The van der Waals surface area contributed by atoms with Crippen LogP contribution in [0.4, 0.5) is 0 Å². The second kappa shape index (κ2) is 7.67. The quantitative estimate of drug-likeness (QED) is 0.721. The predicted octanol–water partition coefficient (Wildman–Crippen LogP) is 2.71. The molecule has 1 aromatic carbocycles. The molecule has 2 unspecified atom stereocenters. The van der Waals surface area contributed by atoms with Crippen molar-refractivity contribution in [2.24, 2.45) is 5.92 Å². The Morgan fingerprint density at radius 2 is 1.90 bits per heavy atom. The van der Waals surface area contributed by atoms with Crippen LogP contribution < -0.4 is 5.32 Å². The van der Waals surface area contributed by atoms with Crippen LogP contribution >= 0.6 is 0 Å². The van der Waals surface area contributed by atoms with Gasteiger partial charge in [0.2, 0.25) is 0 Å². The Balaban J connectivity index is 2.43. The molecule has 0 bridgehead atoms. The zero-order chi connectivity index (χ0) is 16.0. The first-order valence-electron chi connectivity index (χ1n) is 7.14. The number of aliphatic carboxylic acids is 1. The summed E-state index contributed by atoms with van der Waals surface area (Å²) in [6.45, 7) is 5.33. The number of aromatic hydroxyl groups is 1. The third kappa shape index (κ3) is 5.45. The second-order valence-electron chi connectivity index (χ2n) is 5.55. The summed E-state index contributed by atoms with van der Waals surface area (Å²) >= 11 is 0. The Kier molecular flexibility index (Phi) is 6.21. The lowest BCUT2D eigenvalue weighted by atomic mass is 10.0. The number of phenols is 1. The zero-order valence-electron chi connectivity index (χ0n) is 12.7. The highest BCUT2D eigenvalue weighted by atomic mass is 16.4. The van der Waals surface area contributed by atoms with E-state index in [4.69, 9.17) is 5.11 Å². The minimum absolute atomic E-state index is 0.0399. The number of hydrogen-bond acceptors (Lipinski definition) is 3. The van der Waals surface area contributed by atoms with E-state index >= 15 is 0 Å². The van der Waals surface area contributed by atoms with Crippen molar-refractivity contribution in [1.29, 1.82) is 0 Å². The molecular weight excluding hydrogens is 270 g/mol. The number of rotatable bonds is 7. The molecule has 0 spiro atoms. The van der Waals surface area contributed by atoms with E-state index in [1.807, 2.05) is 6.92 Å². The van der Waals surface area contributed by atoms with Crippen molar-refractivity contribution in [3.63, 3.8) is 0 Å². The lowest BCUT2D eigenvalue weighted by Gasteiger charge is -2.15. The van der Waals surface area contributed by atoms with Crippen LogP contribution in [0.25, 0.3) is 0 Å². The number of amides is 1. The van der Waals surface area contributed by atoms with Crippen LogP contribution in [-0.2, 0) is 4.79 Å². The monoisotopic (exact) mass is 293 g/mol. The fraction of sp³-hybridized carbons (Fsp3) is 0.500. The smallest absolute Gasteiger partial charge is 0.306 e. The lowest BCUT2D eigenvalue weighted by Crippen LogP contribution is -2.32. The van der Waals surface area contributed by atoms with E-state index in [9.17, 15) is 14.7 Å². The van der Waals surface area contributed by atoms with E-state index in [0.29, 0.717) is 12.0 Å². The summed E-state index contributed by atoms with van der Waals surface area (Å²) in [5, 5.41) is 21.2. The van der Waals surface area contributed by atoms with Gasteiger partial charge in [-0.1, -0.05) is 19.4 Å². The van der Waals surface area contributed by atoms with Crippen LogP contribution in [0.5, 0.6) is 5.75 Å². The SMILES string of the molecule is Cc1ccc(C(=O)NC(C)CCCC(C)C(=O)O)cc1O. The Labute approximate surface area is 125 Å². The van der Waals surface area contributed by atoms with Crippen LogP contribution in [0.1, 0.15) is 49.0 Å². The van der Waals surface area contributed by atoms with Gasteiger partial charge < -0.3 is 15.5 Å². The van der Waals surface area contributed by atoms with Crippen LogP contribution in [-0.4, -0.2) is 28.1 Å². The molecule has 0 aliphatic carbocycles. The maximum Gasteiger partial charge on any atom is 0.306 e. The van der Waals surface area contributed by atoms with Crippen LogP contribution in [0, 0.1) is 12.8 Å². The number of carbonyl (C=O) groups excluding carboxylic acids is 1. The molecule has 0 aliphatic heterocycles. The summed E-state index contributed by atoms with van der Waals surface area (Å²) < 4.78 is 0. The molecule has 5 heteroatoms. The molecule has 3 N–H and O–H groups in total. The molecule has 1 rings (SSSR count). The van der Waals surface area contributed by atoms with Gasteiger partial charge in [0.25, 0.3) is 5.91 Å². The van der Waals surface area contributed by atoms with E-state index < -0.39 is 5.97 Å². The summed E-state index contributed by atoms with van der Waals surface area (Å²) in [4.78, 5) is 22.7. The fourth-order valence-electron chi connectivity index (χ4n) is 1.98. The van der Waals surface area contributed by atoms with Gasteiger partial charge in [-0.3, -0.25) is 9.59 Å². The van der Waals surface area contributed by atoms with Gasteiger partial charge in [-0.25, -0.2) is 0 Å². The van der Waals surface area contributed by atoms with Crippen LogP contribution in [0.2, 0.25) is 0 Å². The first-order valence-corrected chi connectivity index (χ1v) is 7.14. The summed E-state index contributed by atoms with van der Waals surface area (Å²) in [6, 6.07) is 4.78. The number of aryl methyl sites for hydroxylation is 1. The number of carboxylic acids is 1. The van der Waals surface area contributed by atoms with E-state index in [2.05, 4.69) is 5.32 Å². The van der Waals surface area contributed by atoms with Crippen molar-refractivity contribution in [2.75, 3.05) is 0 Å². The molecule has 0 radical (unpaired) electrons. The Morgan fingerprint density at radius 1 is 1.24 bits per heavy atom. The third-order valence-electron chi connectivity index (χ3n) is 3.54. The average Bonchev–Trinajstić information content (AvgIpc) is 2.41. The molecule has 21 heavy (non-hydrogen) atoms. The summed E-state index contributed by atoms with van der Waals surface area (Å²) in [6.07, 6.45) is 2.07. The van der Waals surface area contributed by atoms with Crippen LogP contribution in [0.3, 0.4) is 0 Å². The predicted molar refractivity (Wildman–Crippen MR) is 80.4 cm³/mol. The minimum Gasteiger partial charge on any atom is -0.508 e. The molecule has 0 aromatic heterocycles. The summed E-state index contributed by atoms with van der Waals surface area (Å²) in [7, 11) is 0. The normalized spacial score (nSPS) is 13.5. The maximum atomic E-state index is 12.0. The number of hydrogen-bond donors (Lipinski definition) is 3. The Bertz CT molecular complexity index is 513. The summed E-state index contributed by atoms with van der Waals surface area (Å²) in [5.74, 6) is -1.28. The maximum absolute atomic E-state index is 12.0. The van der Waals surface area contributed by atoms with Gasteiger partial charge in [-0.05, 0) is 44.4 Å². The molecule has 1 aromatic rings. The van der Waals surface area contributed by atoms with Crippen LogP contribution in [0.15, 0.2) is 18.2 Å². The van der Waals surface area contributed by atoms with Crippen molar-refractivity contribution >= 4 is 11.9 Å². The van der Waals surface area contributed by atoms with Gasteiger partial charge in [0.1, 0.15) is 5.75 Å². The number of carbonyl (C=O) groups is 2. The zero-order valence-corrected chi connectivity index (χ0v) is 12.7. The van der Waals surface area contributed by atoms with Gasteiger partial charge >= 0.3 is 5.97 Å². The van der Waals surface area contributed by atoms with E-state index in [1.54, 1.807) is 26.0 Å². The van der Waals surface area contributed by atoms with Gasteiger partial charge in [0, 0.05) is 11.6 Å². The molecule has 0 aliphatic rings. The third-order valence-corrected chi connectivity index (χ3v) is 3.54. The highest BCUT2D eigenvalue weighted by Crippen LogP contribution is 2.17. The molecule has 5 nitrogen and oxygen atoms in total. The largest absolute Gasteiger partial charge is 0.508 e. The highest BCUT2D eigenvalue weighted by Gasteiger charge is 2.13. The first-order chi connectivity index (χ1) is 9.81. The molecule has 2 atom stereocenters. The summed E-state index contributed by atoms with van der Waals surface area (Å²) in [5.41, 5.74) is 1.14. The second-order valence-corrected chi connectivity index (χ2v) is 5.55. The van der Waals surface area contributed by atoms with Gasteiger partial charge in [-0.15, -0.1) is 0 Å². The van der Waals surface area contributed by atoms with E-state index in [1.165, 1.54) is 6.07 Å². The minimum atomic E-state index is -0.790. The Morgan fingerprint density at radius 3 is 2.48 bits per heavy atom. The number of nitrogens with one attached hydrogen (secondary N) is 1. The molecule has 116 valence electrons. The fourth-order valence-corrected chi connectivity index (χ4v) is 1.98. The Hall–Kier alpha value is -2.04. The van der Waals surface area contributed by atoms with Crippen molar-refractivity contribution in [2.45, 2.75) is 46.1 Å². The number of carboxylic acid groups (broad SMARTS) is 1. The van der Waals surface area contributed by atoms with E-state index in [0.717, 1.165) is 18.4 Å². The van der Waals surface area contributed by atoms with Crippen molar-refractivity contribution < 1.29 is 19.8 Å². The van der Waals surface area contributed by atoms with Gasteiger partial charge in [0.05, 0.1) is 5.92 Å². The molecule has 0 fully saturated rings. The van der Waals surface area contributed by atoms with Crippen molar-refractivity contribution in [3.8, 4) is 5.75 Å². The van der Waals surface area contributed by atoms with Gasteiger partial charge in [-0.2, -0.15) is 0 Å². The highest BCUT2D eigenvalue weighted by molar-refractivity contribution is 5.94. The average molecular weight is 293 g/mol. The molecular formula is C16H23NO4. The van der Waals surface area contributed by atoms with Crippen molar-refractivity contribution in [3.05, 3.63) is 29.3 Å². The van der Waals surface area contributed by atoms with Gasteiger partial charge in [0.15, 0.2) is 0 Å². The molecule has 0 heterocycles.